The van der Waals surface area contributed by atoms with Crippen LogP contribution in [0.25, 0.3) is 0 Å². The first-order valence-corrected chi connectivity index (χ1v) is 8.73. The van der Waals surface area contributed by atoms with Crippen molar-refractivity contribution in [3.63, 3.8) is 0 Å². The molecule has 0 spiro atoms. The molecule has 1 saturated heterocycles. The fourth-order valence-electron chi connectivity index (χ4n) is 2.95. The maximum absolute atomic E-state index is 9.23. The molecule has 1 fully saturated rings. The molecule has 2 aromatic carbocycles. The number of benzene rings is 2. The summed E-state index contributed by atoms with van der Waals surface area (Å²) in [4.78, 5) is 4.67. The molecule has 4 nitrogen and oxygen atoms in total. The summed E-state index contributed by atoms with van der Waals surface area (Å²) in [5.74, 6) is -0.711. The Morgan fingerprint density at radius 2 is 1.67 bits per heavy atom. The first kappa shape index (κ1) is 17.4. The molecule has 6 heteroatoms. The van der Waals surface area contributed by atoms with Gasteiger partial charge in [-0.2, -0.15) is 0 Å². The predicted molar refractivity (Wildman–Crippen MR) is 97.9 cm³/mol. The number of hydrogen-bond donors (Lipinski definition) is 1. The molecule has 1 atom stereocenters. The Morgan fingerprint density at radius 3 is 2.38 bits per heavy atom. The number of piperazine rings is 1. The molecular weight excluding hydrogens is 347 g/mol. The zero-order valence-corrected chi connectivity index (χ0v) is 14.7. The first-order valence-electron chi connectivity index (χ1n) is 7.92. The van der Waals surface area contributed by atoms with Crippen LogP contribution in [0.4, 0.5) is 5.69 Å². The van der Waals surface area contributed by atoms with Crippen molar-refractivity contribution in [2.75, 3.05) is 31.1 Å². The van der Waals surface area contributed by atoms with Gasteiger partial charge in [0.05, 0.1) is 10.7 Å². The molecule has 3 rings (SSSR count). The Hall–Kier alpha value is -1.46. The average Bonchev–Trinajstić information content (AvgIpc) is 2.57. The summed E-state index contributed by atoms with van der Waals surface area (Å²) in [7, 11) is 0. The van der Waals surface area contributed by atoms with Gasteiger partial charge in [-0.1, -0.05) is 41.9 Å². The van der Waals surface area contributed by atoms with Crippen LogP contribution in [0.1, 0.15) is 5.56 Å². The van der Waals surface area contributed by atoms with Crippen molar-refractivity contribution in [1.29, 1.82) is 0 Å². The van der Waals surface area contributed by atoms with Gasteiger partial charge in [0.15, 0.2) is 0 Å². The van der Waals surface area contributed by atoms with E-state index >= 15 is 0 Å². The Labute approximate surface area is 152 Å². The maximum Gasteiger partial charge on any atom is 0.277 e. The van der Waals surface area contributed by atoms with Crippen molar-refractivity contribution in [2.45, 2.75) is 12.3 Å². The van der Waals surface area contributed by atoms with Gasteiger partial charge in [-0.25, -0.2) is 0 Å². The van der Waals surface area contributed by atoms with Gasteiger partial charge in [0.25, 0.3) is 5.75 Å². The lowest BCUT2D eigenvalue weighted by atomic mass is 10.1. The lowest BCUT2D eigenvalue weighted by Crippen LogP contribution is -2.46. The highest BCUT2D eigenvalue weighted by molar-refractivity contribution is 6.33. The van der Waals surface area contributed by atoms with Crippen molar-refractivity contribution < 1.29 is 9.84 Å². The zero-order chi connectivity index (χ0) is 16.9. The van der Waals surface area contributed by atoms with Gasteiger partial charge in [-0.15, -0.1) is 0 Å². The molecule has 0 amide bonds. The minimum absolute atomic E-state index is 0.619. The molecule has 1 unspecified atom stereocenters. The van der Waals surface area contributed by atoms with E-state index in [1.807, 2.05) is 42.5 Å². The number of aliphatic hydroxyl groups is 1. The van der Waals surface area contributed by atoms with E-state index in [-0.39, 0.29) is 0 Å². The van der Waals surface area contributed by atoms with E-state index in [0.717, 1.165) is 49.0 Å². The number of anilines is 1. The van der Waals surface area contributed by atoms with Gasteiger partial charge in [0, 0.05) is 38.3 Å². The van der Waals surface area contributed by atoms with Crippen LogP contribution in [0.3, 0.4) is 0 Å². The van der Waals surface area contributed by atoms with Crippen molar-refractivity contribution in [2.24, 2.45) is 0 Å². The van der Waals surface area contributed by atoms with Crippen LogP contribution in [0.15, 0.2) is 48.5 Å². The SMILES string of the molecule is OC(Cl)Oc1ccccc1CN1CCN(c2ccccc2Cl)CC1. The zero-order valence-electron chi connectivity index (χ0n) is 13.2. The van der Waals surface area contributed by atoms with E-state index < -0.39 is 5.75 Å². The number of rotatable bonds is 5. The molecule has 0 bridgehead atoms. The lowest BCUT2D eigenvalue weighted by molar-refractivity contribution is 0.0537. The topological polar surface area (TPSA) is 35.9 Å². The number of halogens is 2. The number of para-hydroxylation sites is 2. The molecule has 2 aromatic rings. The van der Waals surface area contributed by atoms with Crippen LogP contribution in [0.2, 0.25) is 5.02 Å². The predicted octanol–water partition coefficient (Wildman–Crippen LogP) is 3.56. The number of hydrogen-bond acceptors (Lipinski definition) is 4. The van der Waals surface area contributed by atoms with Gasteiger partial charge in [0.2, 0.25) is 0 Å². The molecule has 1 aliphatic rings. The number of ether oxygens (including phenoxy) is 1. The smallest absolute Gasteiger partial charge is 0.277 e. The monoisotopic (exact) mass is 366 g/mol. The van der Waals surface area contributed by atoms with Crippen molar-refractivity contribution >= 4 is 28.9 Å². The molecule has 1 aliphatic heterocycles. The Kier molecular flexibility index (Phi) is 5.85. The standard InChI is InChI=1S/C18H20Cl2N2O2/c19-15-6-2-3-7-16(15)22-11-9-21(10-12-22)13-14-5-1-4-8-17(14)24-18(20)23/h1-8,18,23H,9-13H2. The highest BCUT2D eigenvalue weighted by Gasteiger charge is 2.20. The highest BCUT2D eigenvalue weighted by Crippen LogP contribution is 2.27. The van der Waals surface area contributed by atoms with E-state index in [9.17, 15) is 5.11 Å². The van der Waals surface area contributed by atoms with Gasteiger partial charge >= 0.3 is 0 Å². The first-order chi connectivity index (χ1) is 11.6. The Bertz CT molecular complexity index is 674. The molecule has 0 saturated carbocycles. The summed E-state index contributed by atoms with van der Waals surface area (Å²) < 4.78 is 5.26. The normalized spacial score (nSPS) is 16.9. The Balaban J connectivity index is 1.61. The minimum Gasteiger partial charge on any atom is -0.451 e. The average molecular weight is 367 g/mol. The summed E-state index contributed by atoms with van der Waals surface area (Å²) >= 11 is 11.8. The minimum atomic E-state index is -1.33. The van der Waals surface area contributed by atoms with Crippen LogP contribution >= 0.6 is 23.2 Å². The summed E-state index contributed by atoms with van der Waals surface area (Å²) in [6.07, 6.45) is 0. The van der Waals surface area contributed by atoms with Gasteiger partial charge in [-0.3, -0.25) is 4.90 Å². The Morgan fingerprint density at radius 1 is 1.00 bits per heavy atom. The molecule has 0 aromatic heterocycles. The van der Waals surface area contributed by atoms with Crippen molar-refractivity contribution in [3.05, 3.63) is 59.1 Å². The van der Waals surface area contributed by atoms with Gasteiger partial charge in [-0.05, 0) is 29.8 Å². The van der Waals surface area contributed by atoms with E-state index in [0.29, 0.717) is 5.75 Å². The second-order valence-corrected chi connectivity index (χ2v) is 6.51. The largest absolute Gasteiger partial charge is 0.451 e. The second-order valence-electron chi connectivity index (χ2n) is 5.73. The molecule has 1 N–H and O–H groups in total. The molecule has 128 valence electrons. The molecule has 24 heavy (non-hydrogen) atoms. The van der Waals surface area contributed by atoms with Crippen LogP contribution in [0, 0.1) is 0 Å². The van der Waals surface area contributed by atoms with Crippen LogP contribution in [-0.4, -0.2) is 41.9 Å². The highest BCUT2D eigenvalue weighted by atomic mass is 35.5. The quantitative estimate of drug-likeness (QED) is 0.648. The summed E-state index contributed by atoms with van der Waals surface area (Å²) in [6, 6.07) is 15.6. The van der Waals surface area contributed by atoms with Gasteiger partial charge < -0.3 is 14.7 Å². The summed E-state index contributed by atoms with van der Waals surface area (Å²) in [6.45, 7) is 4.47. The van der Waals surface area contributed by atoms with Crippen molar-refractivity contribution in [3.8, 4) is 5.75 Å². The summed E-state index contributed by atoms with van der Waals surface area (Å²) in [5, 5.41) is 10.0. The number of aliphatic hydroxyl groups excluding tert-OH is 1. The summed E-state index contributed by atoms with van der Waals surface area (Å²) in [5.41, 5.74) is 2.11. The van der Waals surface area contributed by atoms with Crippen LogP contribution in [0.5, 0.6) is 5.75 Å². The van der Waals surface area contributed by atoms with E-state index in [2.05, 4.69) is 15.9 Å². The number of nitrogens with zero attached hydrogens (tertiary/aromatic N) is 2. The van der Waals surface area contributed by atoms with Crippen molar-refractivity contribution in [1.82, 2.24) is 4.90 Å². The van der Waals surface area contributed by atoms with E-state index in [1.165, 1.54) is 0 Å². The van der Waals surface area contributed by atoms with Crippen LogP contribution < -0.4 is 9.64 Å². The molecule has 1 heterocycles. The molecule has 0 aliphatic carbocycles. The van der Waals surface area contributed by atoms with E-state index in [1.54, 1.807) is 0 Å². The maximum atomic E-state index is 9.23. The van der Waals surface area contributed by atoms with Gasteiger partial charge in [0.1, 0.15) is 5.75 Å². The third-order valence-electron chi connectivity index (χ3n) is 4.16. The van der Waals surface area contributed by atoms with Crippen LogP contribution in [-0.2, 0) is 6.54 Å². The number of alkyl halides is 1. The molecule has 0 radical (unpaired) electrons. The fraction of sp³-hybridized carbons (Fsp3) is 0.333. The fourth-order valence-corrected chi connectivity index (χ4v) is 3.30. The van der Waals surface area contributed by atoms with E-state index in [4.69, 9.17) is 27.9 Å². The molecular formula is C18H20Cl2N2O2. The third-order valence-corrected chi connectivity index (χ3v) is 4.56. The lowest BCUT2D eigenvalue weighted by Gasteiger charge is -2.36. The third kappa shape index (κ3) is 4.33. The second kappa shape index (κ2) is 8.08.